The number of benzene rings is 2. The minimum absolute atomic E-state index is 0.0717. The molecule has 120 valence electrons. The van der Waals surface area contributed by atoms with Gasteiger partial charge in [-0.1, -0.05) is 35.3 Å². The quantitative estimate of drug-likeness (QED) is 0.856. The number of halogens is 2. The lowest BCUT2D eigenvalue weighted by Crippen LogP contribution is -2.16. The fourth-order valence-electron chi connectivity index (χ4n) is 2.15. The van der Waals surface area contributed by atoms with Crippen LogP contribution in [0.3, 0.4) is 0 Å². The molecule has 2 N–H and O–H groups in total. The number of hydrogen-bond acceptors (Lipinski definition) is 2. The predicted octanol–water partition coefficient (Wildman–Crippen LogP) is 4.44. The molecule has 0 saturated carbocycles. The molecule has 0 heterocycles. The normalized spacial score (nSPS) is 10.3. The minimum atomic E-state index is -0.233. The Balaban J connectivity index is 2.16. The fraction of sp³-hybridized carbons (Fsp3) is 0.176. The molecule has 23 heavy (non-hydrogen) atoms. The second-order valence-electron chi connectivity index (χ2n) is 5.08. The highest BCUT2D eigenvalue weighted by molar-refractivity contribution is 6.36. The van der Waals surface area contributed by atoms with E-state index in [0.717, 1.165) is 5.56 Å². The molecule has 0 aromatic heterocycles. The third-order valence-corrected chi connectivity index (χ3v) is 4.03. The summed E-state index contributed by atoms with van der Waals surface area (Å²) in [5.41, 5.74) is 2.65. The molecule has 0 unspecified atom stereocenters. The summed E-state index contributed by atoms with van der Waals surface area (Å²) in [5, 5.41) is 6.45. The zero-order valence-electron chi connectivity index (χ0n) is 12.7. The summed E-state index contributed by atoms with van der Waals surface area (Å²) < 4.78 is 0. The van der Waals surface area contributed by atoms with Gasteiger partial charge in [0.1, 0.15) is 0 Å². The summed E-state index contributed by atoms with van der Waals surface area (Å²) in [7, 11) is 0. The van der Waals surface area contributed by atoms with Crippen LogP contribution < -0.4 is 10.6 Å². The van der Waals surface area contributed by atoms with Crippen molar-refractivity contribution in [1.82, 2.24) is 0 Å². The summed E-state index contributed by atoms with van der Waals surface area (Å²) in [4.78, 5) is 23.4. The van der Waals surface area contributed by atoms with Crippen molar-refractivity contribution in [3.8, 4) is 0 Å². The Morgan fingerprint density at radius 1 is 0.957 bits per heavy atom. The minimum Gasteiger partial charge on any atom is -0.326 e. The van der Waals surface area contributed by atoms with Crippen molar-refractivity contribution >= 4 is 46.4 Å². The van der Waals surface area contributed by atoms with E-state index in [0.29, 0.717) is 27.0 Å². The van der Waals surface area contributed by atoms with Crippen molar-refractivity contribution in [2.24, 2.45) is 0 Å². The Labute approximate surface area is 144 Å². The van der Waals surface area contributed by atoms with Crippen LogP contribution in [-0.4, -0.2) is 11.8 Å². The largest absolute Gasteiger partial charge is 0.326 e. The van der Waals surface area contributed by atoms with Gasteiger partial charge in [-0.2, -0.15) is 0 Å². The van der Waals surface area contributed by atoms with Gasteiger partial charge in [0.2, 0.25) is 11.8 Å². The molecule has 0 bridgehead atoms. The van der Waals surface area contributed by atoms with Crippen molar-refractivity contribution in [3.63, 3.8) is 0 Å². The van der Waals surface area contributed by atoms with Crippen LogP contribution >= 0.6 is 23.2 Å². The van der Waals surface area contributed by atoms with Gasteiger partial charge in [-0.25, -0.2) is 0 Å². The maximum absolute atomic E-state index is 12.3. The van der Waals surface area contributed by atoms with Crippen LogP contribution in [0.5, 0.6) is 0 Å². The van der Waals surface area contributed by atoms with Gasteiger partial charge >= 0.3 is 0 Å². The van der Waals surface area contributed by atoms with Crippen LogP contribution in [0, 0.1) is 6.92 Å². The third kappa shape index (κ3) is 4.47. The lowest BCUT2D eigenvalue weighted by atomic mass is 10.1. The molecule has 0 aliphatic rings. The molecule has 2 rings (SSSR count). The first-order chi connectivity index (χ1) is 10.9. The van der Waals surface area contributed by atoms with E-state index >= 15 is 0 Å². The molecular weight excluding hydrogens is 335 g/mol. The van der Waals surface area contributed by atoms with Gasteiger partial charge in [0, 0.05) is 28.3 Å². The third-order valence-electron chi connectivity index (χ3n) is 3.32. The van der Waals surface area contributed by atoms with E-state index in [4.69, 9.17) is 23.2 Å². The van der Waals surface area contributed by atoms with Gasteiger partial charge in [-0.3, -0.25) is 9.59 Å². The molecule has 2 aromatic rings. The van der Waals surface area contributed by atoms with Crippen molar-refractivity contribution in [3.05, 3.63) is 57.6 Å². The van der Waals surface area contributed by atoms with E-state index in [-0.39, 0.29) is 18.2 Å². The first kappa shape index (κ1) is 17.3. The highest BCUT2D eigenvalue weighted by atomic mass is 35.5. The summed E-state index contributed by atoms with van der Waals surface area (Å²) in [5.74, 6) is -0.400. The van der Waals surface area contributed by atoms with E-state index in [9.17, 15) is 9.59 Å². The first-order valence-electron chi connectivity index (χ1n) is 6.98. The SMILES string of the molecule is CC(=O)Nc1cccc(NC(=O)Cc2c(Cl)cccc2Cl)c1C. The maximum atomic E-state index is 12.3. The van der Waals surface area contributed by atoms with Crippen LogP contribution in [0.4, 0.5) is 11.4 Å². The first-order valence-corrected chi connectivity index (χ1v) is 7.74. The number of amides is 2. The molecule has 0 aliphatic heterocycles. The highest BCUT2D eigenvalue weighted by Crippen LogP contribution is 2.26. The highest BCUT2D eigenvalue weighted by Gasteiger charge is 2.13. The molecular formula is C17H16Cl2N2O2. The average molecular weight is 351 g/mol. The van der Waals surface area contributed by atoms with Crippen LogP contribution in [0.1, 0.15) is 18.1 Å². The van der Waals surface area contributed by atoms with Crippen molar-refractivity contribution in [2.75, 3.05) is 10.6 Å². The molecule has 0 saturated heterocycles. The molecule has 0 radical (unpaired) electrons. The zero-order chi connectivity index (χ0) is 17.0. The number of hydrogen-bond donors (Lipinski definition) is 2. The second-order valence-corrected chi connectivity index (χ2v) is 5.90. The topological polar surface area (TPSA) is 58.2 Å². The molecule has 0 aliphatic carbocycles. The average Bonchev–Trinajstić information content (AvgIpc) is 2.47. The molecule has 4 nitrogen and oxygen atoms in total. The van der Waals surface area contributed by atoms with E-state index in [1.165, 1.54) is 6.92 Å². The van der Waals surface area contributed by atoms with E-state index in [1.54, 1.807) is 36.4 Å². The predicted molar refractivity (Wildman–Crippen MR) is 94.3 cm³/mol. The van der Waals surface area contributed by atoms with Gasteiger partial charge in [0.15, 0.2) is 0 Å². The standard InChI is InChI=1S/C17H16Cl2N2O2/c1-10-15(20-11(2)22)7-4-8-16(10)21-17(23)9-12-13(18)5-3-6-14(12)19/h3-8H,9H2,1-2H3,(H,20,22)(H,21,23). The number of anilines is 2. The second kappa shape index (κ2) is 7.49. The summed E-state index contributed by atoms with van der Waals surface area (Å²) in [6.45, 7) is 3.26. The Kier molecular flexibility index (Phi) is 5.64. The van der Waals surface area contributed by atoms with E-state index in [1.807, 2.05) is 6.92 Å². The molecule has 0 spiro atoms. The van der Waals surface area contributed by atoms with Crippen molar-refractivity contribution in [1.29, 1.82) is 0 Å². The van der Waals surface area contributed by atoms with Gasteiger partial charge in [-0.05, 0) is 42.3 Å². The summed E-state index contributed by atoms with van der Waals surface area (Å²) in [6.07, 6.45) is 0.0717. The summed E-state index contributed by atoms with van der Waals surface area (Å²) >= 11 is 12.2. The Hall–Kier alpha value is -2.04. The molecule has 2 amide bonds. The number of carbonyl (C=O) groups excluding carboxylic acids is 2. The fourth-order valence-corrected chi connectivity index (χ4v) is 2.68. The van der Waals surface area contributed by atoms with Crippen LogP contribution in [0.25, 0.3) is 0 Å². The van der Waals surface area contributed by atoms with E-state index < -0.39 is 0 Å². The molecule has 0 fully saturated rings. The van der Waals surface area contributed by atoms with E-state index in [2.05, 4.69) is 10.6 Å². The van der Waals surface area contributed by atoms with Crippen LogP contribution in [-0.2, 0) is 16.0 Å². The number of carbonyl (C=O) groups is 2. The molecule has 0 atom stereocenters. The van der Waals surface area contributed by atoms with Crippen molar-refractivity contribution < 1.29 is 9.59 Å². The van der Waals surface area contributed by atoms with Crippen LogP contribution in [0.15, 0.2) is 36.4 Å². The smallest absolute Gasteiger partial charge is 0.228 e. The summed E-state index contributed by atoms with van der Waals surface area (Å²) in [6, 6.07) is 10.4. The van der Waals surface area contributed by atoms with Crippen LogP contribution in [0.2, 0.25) is 10.0 Å². The lowest BCUT2D eigenvalue weighted by Gasteiger charge is -2.13. The van der Waals surface area contributed by atoms with Crippen molar-refractivity contribution in [2.45, 2.75) is 20.3 Å². The van der Waals surface area contributed by atoms with Gasteiger partial charge in [-0.15, -0.1) is 0 Å². The maximum Gasteiger partial charge on any atom is 0.228 e. The Bertz CT molecular complexity index is 740. The lowest BCUT2D eigenvalue weighted by molar-refractivity contribution is -0.115. The number of rotatable bonds is 4. The zero-order valence-corrected chi connectivity index (χ0v) is 14.3. The Morgan fingerprint density at radius 3 is 2.04 bits per heavy atom. The Morgan fingerprint density at radius 2 is 1.48 bits per heavy atom. The molecule has 2 aromatic carbocycles. The number of nitrogens with one attached hydrogen (secondary N) is 2. The van der Waals surface area contributed by atoms with Gasteiger partial charge < -0.3 is 10.6 Å². The van der Waals surface area contributed by atoms with Gasteiger partial charge in [0.05, 0.1) is 6.42 Å². The molecule has 6 heteroatoms. The monoisotopic (exact) mass is 350 g/mol. The van der Waals surface area contributed by atoms with Gasteiger partial charge in [0.25, 0.3) is 0 Å².